The van der Waals surface area contributed by atoms with Crippen molar-refractivity contribution in [2.24, 2.45) is 11.5 Å². The molecule has 1 atom stereocenters. The molecule has 0 aliphatic carbocycles. The van der Waals surface area contributed by atoms with Gasteiger partial charge in [-0.3, -0.25) is 4.90 Å². The molecule has 11 heavy (non-hydrogen) atoms. The highest BCUT2D eigenvalue weighted by molar-refractivity contribution is 4.84. The molecule has 0 saturated carbocycles. The first-order chi connectivity index (χ1) is 5.34. The minimum atomic E-state index is 0.139. The largest absolute Gasteiger partial charge is 0.405 e. The molecule has 0 radical (unpaired) electrons. The summed E-state index contributed by atoms with van der Waals surface area (Å²) in [6.07, 6.45) is 3.62. The number of nitrogens with one attached hydrogen (secondary N) is 1. The van der Waals surface area contributed by atoms with Crippen molar-refractivity contribution in [3.8, 4) is 0 Å². The lowest BCUT2D eigenvalue weighted by atomic mass is 10.3. The van der Waals surface area contributed by atoms with Crippen molar-refractivity contribution in [2.75, 3.05) is 26.2 Å². The van der Waals surface area contributed by atoms with Crippen molar-refractivity contribution in [3.63, 3.8) is 0 Å². The Morgan fingerprint density at radius 2 is 2.45 bits per heavy atom. The average molecular weight is 156 g/mol. The third-order valence-corrected chi connectivity index (χ3v) is 1.87. The van der Waals surface area contributed by atoms with Crippen molar-refractivity contribution in [1.29, 1.82) is 0 Å². The number of piperazine rings is 1. The Kier molecular flexibility index (Phi) is 3.35. The number of hydrogen-bond acceptors (Lipinski definition) is 4. The van der Waals surface area contributed by atoms with E-state index in [4.69, 9.17) is 11.5 Å². The van der Waals surface area contributed by atoms with E-state index in [1.54, 1.807) is 6.20 Å². The van der Waals surface area contributed by atoms with Crippen LogP contribution in [0.15, 0.2) is 12.3 Å². The van der Waals surface area contributed by atoms with E-state index in [0.717, 1.165) is 26.2 Å². The molecule has 64 valence electrons. The summed E-state index contributed by atoms with van der Waals surface area (Å²) >= 11 is 0. The maximum absolute atomic E-state index is 5.81. The Bertz CT molecular complexity index is 134. The molecular formula is C7H16N4. The number of hydrogen-bond donors (Lipinski definition) is 3. The van der Waals surface area contributed by atoms with Crippen LogP contribution < -0.4 is 16.8 Å². The van der Waals surface area contributed by atoms with Gasteiger partial charge >= 0.3 is 0 Å². The van der Waals surface area contributed by atoms with Gasteiger partial charge in [0.1, 0.15) is 0 Å². The smallest absolute Gasteiger partial charge is 0.0703 e. The van der Waals surface area contributed by atoms with Crippen molar-refractivity contribution in [3.05, 3.63) is 12.3 Å². The minimum Gasteiger partial charge on any atom is -0.405 e. The Balaban J connectivity index is 2.29. The summed E-state index contributed by atoms with van der Waals surface area (Å²) < 4.78 is 0. The van der Waals surface area contributed by atoms with Crippen LogP contribution in [0.1, 0.15) is 0 Å². The van der Waals surface area contributed by atoms with Gasteiger partial charge in [0.15, 0.2) is 0 Å². The van der Waals surface area contributed by atoms with E-state index in [2.05, 4.69) is 10.2 Å². The Morgan fingerprint density at radius 3 is 3.09 bits per heavy atom. The van der Waals surface area contributed by atoms with E-state index in [-0.39, 0.29) is 6.17 Å². The summed E-state index contributed by atoms with van der Waals surface area (Å²) in [6.45, 7) is 3.76. The molecule has 1 saturated heterocycles. The second kappa shape index (κ2) is 4.33. The van der Waals surface area contributed by atoms with E-state index in [1.165, 1.54) is 0 Å². The Hall–Kier alpha value is -0.580. The van der Waals surface area contributed by atoms with Gasteiger partial charge in [-0.1, -0.05) is 6.08 Å². The molecule has 0 bridgehead atoms. The summed E-state index contributed by atoms with van der Waals surface area (Å²) in [5.74, 6) is 0. The van der Waals surface area contributed by atoms with Crippen LogP contribution in [0.5, 0.6) is 0 Å². The third-order valence-electron chi connectivity index (χ3n) is 1.87. The predicted octanol–water partition coefficient (Wildman–Crippen LogP) is -1.35. The molecule has 0 aromatic rings. The lowest BCUT2D eigenvalue weighted by molar-refractivity contribution is 0.183. The number of nitrogens with zero attached hydrogens (tertiary/aromatic N) is 1. The molecule has 5 N–H and O–H groups in total. The zero-order valence-corrected chi connectivity index (χ0v) is 6.66. The number of rotatable bonds is 2. The zero-order chi connectivity index (χ0) is 8.10. The van der Waals surface area contributed by atoms with E-state index >= 15 is 0 Å². The van der Waals surface area contributed by atoms with Crippen molar-refractivity contribution < 1.29 is 0 Å². The van der Waals surface area contributed by atoms with E-state index in [1.807, 2.05) is 6.08 Å². The van der Waals surface area contributed by atoms with Gasteiger partial charge in [0.2, 0.25) is 0 Å². The van der Waals surface area contributed by atoms with Crippen molar-refractivity contribution in [2.45, 2.75) is 6.17 Å². The first-order valence-electron chi connectivity index (χ1n) is 3.91. The van der Waals surface area contributed by atoms with Gasteiger partial charge in [0.25, 0.3) is 0 Å². The third kappa shape index (κ3) is 2.49. The SMILES string of the molecule is NC=CCN1CCNCC1N. The van der Waals surface area contributed by atoms with Crippen LogP contribution >= 0.6 is 0 Å². The normalized spacial score (nSPS) is 27.9. The average Bonchev–Trinajstić information content (AvgIpc) is 2.03. The van der Waals surface area contributed by atoms with Crippen LogP contribution in [0.25, 0.3) is 0 Å². The van der Waals surface area contributed by atoms with Gasteiger partial charge in [-0.25, -0.2) is 0 Å². The van der Waals surface area contributed by atoms with Crippen LogP contribution in [0, 0.1) is 0 Å². The molecule has 0 spiro atoms. The van der Waals surface area contributed by atoms with Crippen LogP contribution in [-0.4, -0.2) is 37.2 Å². The first-order valence-corrected chi connectivity index (χ1v) is 3.91. The van der Waals surface area contributed by atoms with Gasteiger partial charge in [0, 0.05) is 26.2 Å². The molecule has 1 aliphatic heterocycles. The Labute approximate surface area is 67.2 Å². The molecule has 1 aliphatic rings. The fourth-order valence-corrected chi connectivity index (χ4v) is 1.19. The molecule has 1 unspecified atom stereocenters. The maximum Gasteiger partial charge on any atom is 0.0703 e. The predicted molar refractivity (Wildman–Crippen MR) is 45.7 cm³/mol. The second-order valence-corrected chi connectivity index (χ2v) is 2.69. The quantitative estimate of drug-likeness (QED) is 0.462. The summed E-state index contributed by atoms with van der Waals surface area (Å²) in [4.78, 5) is 2.19. The minimum absolute atomic E-state index is 0.139. The lowest BCUT2D eigenvalue weighted by Crippen LogP contribution is -2.55. The molecular weight excluding hydrogens is 140 g/mol. The molecule has 4 nitrogen and oxygen atoms in total. The van der Waals surface area contributed by atoms with Gasteiger partial charge in [-0.2, -0.15) is 0 Å². The van der Waals surface area contributed by atoms with E-state index < -0.39 is 0 Å². The first kappa shape index (κ1) is 8.52. The van der Waals surface area contributed by atoms with E-state index in [9.17, 15) is 0 Å². The zero-order valence-electron chi connectivity index (χ0n) is 6.66. The van der Waals surface area contributed by atoms with Gasteiger partial charge < -0.3 is 16.8 Å². The highest BCUT2D eigenvalue weighted by Gasteiger charge is 2.15. The highest BCUT2D eigenvalue weighted by atomic mass is 15.3. The molecule has 1 rings (SSSR count). The fraction of sp³-hybridized carbons (Fsp3) is 0.714. The van der Waals surface area contributed by atoms with Gasteiger partial charge in [-0.05, 0) is 6.20 Å². The number of nitrogens with two attached hydrogens (primary N) is 2. The van der Waals surface area contributed by atoms with Crippen LogP contribution in [0.2, 0.25) is 0 Å². The van der Waals surface area contributed by atoms with Gasteiger partial charge in [-0.15, -0.1) is 0 Å². The topological polar surface area (TPSA) is 67.3 Å². The molecule has 0 aromatic heterocycles. The fourth-order valence-electron chi connectivity index (χ4n) is 1.19. The lowest BCUT2D eigenvalue weighted by Gasteiger charge is -2.32. The molecule has 0 amide bonds. The van der Waals surface area contributed by atoms with E-state index in [0.29, 0.717) is 0 Å². The summed E-state index contributed by atoms with van der Waals surface area (Å²) in [7, 11) is 0. The van der Waals surface area contributed by atoms with Crippen molar-refractivity contribution in [1.82, 2.24) is 10.2 Å². The molecule has 1 fully saturated rings. The van der Waals surface area contributed by atoms with Crippen molar-refractivity contribution >= 4 is 0 Å². The van der Waals surface area contributed by atoms with Crippen LogP contribution in [-0.2, 0) is 0 Å². The summed E-state index contributed by atoms with van der Waals surface area (Å²) in [5.41, 5.74) is 11.0. The van der Waals surface area contributed by atoms with Crippen LogP contribution in [0.4, 0.5) is 0 Å². The molecule has 4 heteroatoms. The molecule has 1 heterocycles. The second-order valence-electron chi connectivity index (χ2n) is 2.69. The monoisotopic (exact) mass is 156 g/mol. The summed E-state index contributed by atoms with van der Waals surface area (Å²) in [5, 5.41) is 3.22. The Morgan fingerprint density at radius 1 is 1.64 bits per heavy atom. The maximum atomic E-state index is 5.81. The standard InChI is InChI=1S/C7H16N4/c8-2-1-4-11-5-3-10-6-7(11)9/h1-2,7,10H,3-6,8-9H2. The van der Waals surface area contributed by atoms with Crippen LogP contribution in [0.3, 0.4) is 0 Å². The van der Waals surface area contributed by atoms with Gasteiger partial charge in [0.05, 0.1) is 6.17 Å². The summed E-state index contributed by atoms with van der Waals surface area (Å²) in [6, 6.07) is 0. The highest BCUT2D eigenvalue weighted by Crippen LogP contribution is 1.96. The molecule has 0 aromatic carbocycles.